The van der Waals surface area contributed by atoms with E-state index < -0.39 is 6.10 Å². The maximum Gasteiger partial charge on any atom is 0.100 e. The predicted molar refractivity (Wildman–Crippen MR) is 72.0 cm³/mol. The molecule has 1 aromatic rings. The van der Waals surface area contributed by atoms with Crippen LogP contribution < -0.4 is 0 Å². The molecule has 0 saturated carbocycles. The normalized spacial score (nSPS) is 18.4. The van der Waals surface area contributed by atoms with Gasteiger partial charge >= 0.3 is 0 Å². The summed E-state index contributed by atoms with van der Waals surface area (Å²) in [5, 5.41) is 10.5. The Kier molecular flexibility index (Phi) is 4.01. The van der Waals surface area contributed by atoms with Crippen molar-refractivity contribution in [2.24, 2.45) is 0 Å². The molecule has 0 aromatic heterocycles. The van der Waals surface area contributed by atoms with Gasteiger partial charge in [0, 0.05) is 0 Å². The molecule has 0 spiro atoms. The Morgan fingerprint density at radius 2 is 1.71 bits per heavy atom. The lowest BCUT2D eigenvalue weighted by molar-refractivity contribution is 0.210. The third kappa shape index (κ3) is 3.19. The molecule has 1 unspecified atom stereocenters. The molecule has 0 aliphatic heterocycles. The van der Waals surface area contributed by atoms with Gasteiger partial charge in [0.1, 0.15) is 6.10 Å². The van der Waals surface area contributed by atoms with E-state index in [1.165, 1.54) is 36.0 Å². The van der Waals surface area contributed by atoms with Gasteiger partial charge < -0.3 is 5.11 Å². The highest BCUT2D eigenvalue weighted by molar-refractivity contribution is 5.34. The fraction of sp³-hybridized carbons (Fsp3) is 0.500. The summed E-state index contributed by atoms with van der Waals surface area (Å²) in [5.74, 6) is 0. The van der Waals surface area contributed by atoms with Gasteiger partial charge in [-0.25, -0.2) is 0 Å². The van der Waals surface area contributed by atoms with Crippen molar-refractivity contribution in [1.82, 2.24) is 0 Å². The molecule has 1 atom stereocenters. The molecule has 1 aliphatic rings. The van der Waals surface area contributed by atoms with E-state index in [4.69, 9.17) is 0 Å². The van der Waals surface area contributed by atoms with E-state index in [-0.39, 0.29) is 0 Å². The van der Waals surface area contributed by atoms with Crippen molar-refractivity contribution in [3.63, 3.8) is 0 Å². The maximum absolute atomic E-state index is 10.5. The van der Waals surface area contributed by atoms with E-state index in [9.17, 15) is 5.11 Å². The lowest BCUT2D eigenvalue weighted by atomic mass is 9.95. The Bertz CT molecular complexity index is 397. The van der Waals surface area contributed by atoms with Crippen LogP contribution in [0.1, 0.15) is 54.9 Å². The quantitative estimate of drug-likeness (QED) is 0.754. The number of aryl methyl sites for hydroxylation is 2. The highest BCUT2D eigenvalue weighted by atomic mass is 16.3. The Morgan fingerprint density at radius 1 is 1.00 bits per heavy atom. The molecule has 1 aromatic carbocycles. The molecule has 17 heavy (non-hydrogen) atoms. The van der Waals surface area contributed by atoms with Gasteiger partial charge in [-0.05, 0) is 50.7 Å². The number of hydrogen-bond donors (Lipinski definition) is 1. The first kappa shape index (κ1) is 12.4. The van der Waals surface area contributed by atoms with Crippen LogP contribution in [0.3, 0.4) is 0 Å². The molecule has 0 bridgehead atoms. The van der Waals surface area contributed by atoms with Gasteiger partial charge in [0.05, 0.1) is 0 Å². The SMILES string of the molecule is Cc1cc(C)cc(C(O)C2=CCCCCC2)c1. The fourth-order valence-corrected chi connectivity index (χ4v) is 2.67. The monoisotopic (exact) mass is 230 g/mol. The van der Waals surface area contributed by atoms with Gasteiger partial charge in [0.2, 0.25) is 0 Å². The van der Waals surface area contributed by atoms with Crippen LogP contribution in [-0.4, -0.2) is 5.11 Å². The van der Waals surface area contributed by atoms with Gasteiger partial charge in [-0.1, -0.05) is 41.8 Å². The molecule has 92 valence electrons. The van der Waals surface area contributed by atoms with Crippen LogP contribution in [0.2, 0.25) is 0 Å². The molecule has 0 radical (unpaired) electrons. The highest BCUT2D eigenvalue weighted by Gasteiger charge is 2.15. The van der Waals surface area contributed by atoms with Crippen LogP contribution in [0, 0.1) is 13.8 Å². The molecule has 1 N–H and O–H groups in total. The Morgan fingerprint density at radius 3 is 2.41 bits per heavy atom. The van der Waals surface area contributed by atoms with Crippen LogP contribution in [0.25, 0.3) is 0 Å². The molecule has 1 nitrogen and oxygen atoms in total. The van der Waals surface area contributed by atoms with E-state index in [0.717, 1.165) is 18.4 Å². The number of rotatable bonds is 2. The second kappa shape index (κ2) is 5.50. The zero-order valence-corrected chi connectivity index (χ0v) is 10.9. The largest absolute Gasteiger partial charge is 0.384 e. The first-order valence-corrected chi connectivity index (χ1v) is 6.62. The van der Waals surface area contributed by atoms with Crippen molar-refractivity contribution >= 4 is 0 Å². The average Bonchev–Trinajstić information content (AvgIpc) is 2.55. The van der Waals surface area contributed by atoms with Crippen molar-refractivity contribution < 1.29 is 5.11 Å². The maximum atomic E-state index is 10.5. The number of aliphatic hydroxyl groups is 1. The molecule has 0 fully saturated rings. The van der Waals surface area contributed by atoms with E-state index in [2.05, 4.69) is 38.1 Å². The van der Waals surface area contributed by atoms with E-state index in [1.807, 2.05) is 0 Å². The van der Waals surface area contributed by atoms with E-state index >= 15 is 0 Å². The van der Waals surface area contributed by atoms with Crippen LogP contribution in [-0.2, 0) is 0 Å². The summed E-state index contributed by atoms with van der Waals surface area (Å²) in [6.07, 6.45) is 7.79. The topological polar surface area (TPSA) is 20.2 Å². The van der Waals surface area contributed by atoms with E-state index in [0.29, 0.717) is 0 Å². The van der Waals surface area contributed by atoms with Crippen molar-refractivity contribution in [3.8, 4) is 0 Å². The van der Waals surface area contributed by atoms with Crippen molar-refractivity contribution in [2.45, 2.75) is 52.1 Å². The summed E-state index contributed by atoms with van der Waals surface area (Å²) in [4.78, 5) is 0. The summed E-state index contributed by atoms with van der Waals surface area (Å²) < 4.78 is 0. The van der Waals surface area contributed by atoms with Gasteiger partial charge in [-0.15, -0.1) is 0 Å². The fourth-order valence-electron chi connectivity index (χ4n) is 2.67. The van der Waals surface area contributed by atoms with Crippen LogP contribution in [0.5, 0.6) is 0 Å². The van der Waals surface area contributed by atoms with Gasteiger partial charge in [0.15, 0.2) is 0 Å². The molecular formula is C16H22O. The summed E-state index contributed by atoms with van der Waals surface area (Å²) in [5.41, 5.74) is 4.73. The lowest BCUT2D eigenvalue weighted by Crippen LogP contribution is -2.02. The number of allylic oxidation sites excluding steroid dienone is 1. The summed E-state index contributed by atoms with van der Waals surface area (Å²) >= 11 is 0. The first-order chi connectivity index (χ1) is 8.16. The summed E-state index contributed by atoms with van der Waals surface area (Å²) in [7, 11) is 0. The second-order valence-electron chi connectivity index (χ2n) is 5.20. The van der Waals surface area contributed by atoms with Gasteiger partial charge in [-0.3, -0.25) is 0 Å². The van der Waals surface area contributed by atoms with Crippen molar-refractivity contribution in [2.75, 3.05) is 0 Å². The number of aliphatic hydroxyl groups excluding tert-OH is 1. The molecule has 1 heteroatoms. The minimum absolute atomic E-state index is 0.397. The minimum Gasteiger partial charge on any atom is -0.384 e. The molecule has 0 heterocycles. The molecular weight excluding hydrogens is 208 g/mol. The lowest BCUT2D eigenvalue weighted by Gasteiger charge is -2.16. The average molecular weight is 230 g/mol. The summed E-state index contributed by atoms with van der Waals surface area (Å²) in [6.45, 7) is 4.18. The van der Waals surface area contributed by atoms with Gasteiger partial charge in [-0.2, -0.15) is 0 Å². The standard InChI is InChI=1S/C16H22O/c1-12-9-13(2)11-15(10-12)16(17)14-7-5-3-4-6-8-14/h7,9-11,16-17H,3-6,8H2,1-2H3. The third-order valence-corrected chi connectivity index (χ3v) is 3.49. The van der Waals surface area contributed by atoms with Gasteiger partial charge in [0.25, 0.3) is 0 Å². The molecule has 0 amide bonds. The smallest absolute Gasteiger partial charge is 0.100 e. The Hall–Kier alpha value is -1.08. The second-order valence-corrected chi connectivity index (χ2v) is 5.20. The van der Waals surface area contributed by atoms with Crippen molar-refractivity contribution in [3.05, 3.63) is 46.5 Å². The van der Waals surface area contributed by atoms with Crippen LogP contribution in [0.4, 0.5) is 0 Å². The van der Waals surface area contributed by atoms with E-state index in [1.54, 1.807) is 0 Å². The summed E-state index contributed by atoms with van der Waals surface area (Å²) in [6, 6.07) is 6.35. The predicted octanol–water partition coefficient (Wildman–Crippen LogP) is 4.23. The number of benzene rings is 1. The molecule has 2 rings (SSSR count). The highest BCUT2D eigenvalue weighted by Crippen LogP contribution is 2.29. The Labute approximate surface area is 104 Å². The third-order valence-electron chi connectivity index (χ3n) is 3.49. The zero-order valence-electron chi connectivity index (χ0n) is 10.9. The first-order valence-electron chi connectivity index (χ1n) is 6.62. The minimum atomic E-state index is -0.397. The zero-order chi connectivity index (χ0) is 12.3. The Balaban J connectivity index is 2.23. The number of hydrogen-bond acceptors (Lipinski definition) is 1. The van der Waals surface area contributed by atoms with Crippen LogP contribution in [0.15, 0.2) is 29.8 Å². The molecule has 0 saturated heterocycles. The van der Waals surface area contributed by atoms with Crippen LogP contribution >= 0.6 is 0 Å². The molecule has 1 aliphatic carbocycles. The van der Waals surface area contributed by atoms with Crippen molar-refractivity contribution in [1.29, 1.82) is 0 Å².